The van der Waals surface area contributed by atoms with E-state index in [1.807, 2.05) is 6.20 Å². The molecule has 0 saturated heterocycles. The van der Waals surface area contributed by atoms with Gasteiger partial charge in [0.1, 0.15) is 5.03 Å². The van der Waals surface area contributed by atoms with Crippen LogP contribution in [0.3, 0.4) is 0 Å². The molecule has 0 saturated carbocycles. The number of aryl methyl sites for hydroxylation is 2. The van der Waals surface area contributed by atoms with Crippen molar-refractivity contribution in [3.8, 4) is 0 Å². The van der Waals surface area contributed by atoms with Crippen molar-refractivity contribution in [1.82, 2.24) is 15.0 Å². The Labute approximate surface area is 110 Å². The molecule has 4 nitrogen and oxygen atoms in total. The van der Waals surface area contributed by atoms with Crippen LogP contribution in [0.5, 0.6) is 0 Å². The van der Waals surface area contributed by atoms with E-state index in [0.717, 1.165) is 28.6 Å². The molecule has 0 atom stereocenters. The van der Waals surface area contributed by atoms with E-state index in [-0.39, 0.29) is 0 Å². The highest BCUT2D eigenvalue weighted by Crippen LogP contribution is 2.30. The van der Waals surface area contributed by atoms with Crippen molar-refractivity contribution in [3.05, 3.63) is 35.3 Å². The summed E-state index contributed by atoms with van der Waals surface area (Å²) in [4.78, 5) is 12.1. The number of aromatic amines is 1. The molecule has 5 heteroatoms. The van der Waals surface area contributed by atoms with Crippen LogP contribution in [0.1, 0.15) is 29.7 Å². The van der Waals surface area contributed by atoms with Crippen LogP contribution in [0.15, 0.2) is 28.6 Å². The van der Waals surface area contributed by atoms with E-state index in [1.54, 1.807) is 18.0 Å². The van der Waals surface area contributed by atoms with Gasteiger partial charge in [-0.1, -0.05) is 6.07 Å². The van der Waals surface area contributed by atoms with Crippen molar-refractivity contribution in [2.75, 3.05) is 0 Å². The zero-order chi connectivity index (χ0) is 12.4. The number of hydrogen-bond donors (Lipinski definition) is 2. The largest absolute Gasteiger partial charge is 0.339 e. The maximum atomic E-state index is 5.83. The van der Waals surface area contributed by atoms with Gasteiger partial charge in [-0.15, -0.1) is 0 Å². The number of rotatable bonds is 3. The first-order valence-corrected chi connectivity index (χ1v) is 7.07. The fraction of sp³-hybridized carbons (Fsp3) is 0.385. The lowest BCUT2D eigenvalue weighted by molar-refractivity contribution is 0.656. The minimum atomic E-state index is 0.531. The number of nitrogens with two attached hydrogens (primary N) is 1. The molecule has 1 aliphatic carbocycles. The Hall–Kier alpha value is -1.33. The average molecular weight is 260 g/mol. The molecule has 94 valence electrons. The Morgan fingerprint density at radius 3 is 3.00 bits per heavy atom. The Balaban J connectivity index is 1.96. The van der Waals surface area contributed by atoms with Crippen LogP contribution < -0.4 is 5.73 Å². The summed E-state index contributed by atoms with van der Waals surface area (Å²) in [6, 6.07) is 2.23. The third kappa shape index (κ3) is 2.28. The molecule has 0 unspecified atom stereocenters. The first-order valence-electron chi connectivity index (χ1n) is 6.26. The Kier molecular flexibility index (Phi) is 3.34. The first kappa shape index (κ1) is 11.7. The maximum Gasteiger partial charge on any atom is 0.171 e. The molecule has 0 radical (unpaired) electrons. The number of hydrogen-bond acceptors (Lipinski definition) is 4. The predicted molar refractivity (Wildman–Crippen MR) is 71.5 cm³/mol. The molecule has 0 aromatic carbocycles. The van der Waals surface area contributed by atoms with Gasteiger partial charge < -0.3 is 10.7 Å². The van der Waals surface area contributed by atoms with Gasteiger partial charge in [0.15, 0.2) is 5.16 Å². The zero-order valence-electron chi connectivity index (χ0n) is 10.1. The Morgan fingerprint density at radius 1 is 1.33 bits per heavy atom. The summed E-state index contributed by atoms with van der Waals surface area (Å²) < 4.78 is 0. The van der Waals surface area contributed by atoms with E-state index < -0.39 is 0 Å². The standard InChI is InChI=1S/C13H16N4S/c14-8-10-7-9-3-1-2-4-11(9)17-12(10)18-13-15-5-6-16-13/h5-7H,1-4,8,14H2,(H,15,16). The van der Waals surface area contributed by atoms with E-state index in [0.29, 0.717) is 6.54 Å². The van der Waals surface area contributed by atoms with Crippen LogP contribution in [0, 0.1) is 0 Å². The highest BCUT2D eigenvalue weighted by Gasteiger charge is 2.15. The molecule has 2 aromatic rings. The van der Waals surface area contributed by atoms with Gasteiger partial charge in [-0.25, -0.2) is 9.97 Å². The molecule has 0 fully saturated rings. The van der Waals surface area contributed by atoms with Crippen LogP contribution in [-0.2, 0) is 19.4 Å². The number of nitrogens with zero attached hydrogens (tertiary/aromatic N) is 2. The summed E-state index contributed by atoms with van der Waals surface area (Å²) >= 11 is 1.56. The fourth-order valence-electron chi connectivity index (χ4n) is 2.30. The molecular weight excluding hydrogens is 244 g/mol. The summed E-state index contributed by atoms with van der Waals surface area (Å²) in [5.41, 5.74) is 9.57. The highest BCUT2D eigenvalue weighted by atomic mass is 32.2. The second-order valence-corrected chi connectivity index (χ2v) is 5.44. The van der Waals surface area contributed by atoms with E-state index in [2.05, 4.69) is 16.0 Å². The monoisotopic (exact) mass is 260 g/mol. The molecule has 0 aliphatic heterocycles. The van der Waals surface area contributed by atoms with Gasteiger partial charge in [-0.2, -0.15) is 0 Å². The second kappa shape index (κ2) is 5.12. The topological polar surface area (TPSA) is 67.6 Å². The molecular formula is C13H16N4S. The molecule has 3 rings (SSSR count). The molecule has 0 amide bonds. The van der Waals surface area contributed by atoms with Crippen molar-refractivity contribution in [3.63, 3.8) is 0 Å². The molecule has 0 bridgehead atoms. The Morgan fingerprint density at radius 2 is 2.22 bits per heavy atom. The van der Waals surface area contributed by atoms with E-state index >= 15 is 0 Å². The molecule has 0 spiro atoms. The molecule has 2 heterocycles. The SMILES string of the molecule is NCc1cc2c(nc1Sc1ncc[nH]1)CCCC2. The normalized spacial score (nSPS) is 14.5. The van der Waals surface area contributed by atoms with Gasteiger partial charge in [0, 0.05) is 24.6 Å². The predicted octanol–water partition coefficient (Wildman–Crippen LogP) is 2.29. The third-order valence-corrected chi connectivity index (χ3v) is 4.19. The quantitative estimate of drug-likeness (QED) is 0.888. The van der Waals surface area contributed by atoms with Crippen molar-refractivity contribution in [2.45, 2.75) is 42.4 Å². The lowest BCUT2D eigenvalue weighted by atomic mass is 9.95. The number of H-pyrrole nitrogens is 1. The van der Waals surface area contributed by atoms with Crippen molar-refractivity contribution in [1.29, 1.82) is 0 Å². The van der Waals surface area contributed by atoms with Crippen molar-refractivity contribution in [2.24, 2.45) is 5.73 Å². The first-order chi connectivity index (χ1) is 8.86. The number of pyridine rings is 1. The van der Waals surface area contributed by atoms with Gasteiger partial charge in [-0.3, -0.25) is 0 Å². The summed E-state index contributed by atoms with van der Waals surface area (Å²) in [6.07, 6.45) is 8.31. The minimum absolute atomic E-state index is 0.531. The summed E-state index contributed by atoms with van der Waals surface area (Å²) in [6.45, 7) is 0.531. The fourth-order valence-corrected chi connectivity index (χ4v) is 3.15. The van der Waals surface area contributed by atoms with Crippen molar-refractivity contribution >= 4 is 11.8 Å². The number of fused-ring (bicyclic) bond motifs is 1. The van der Waals surface area contributed by atoms with E-state index in [9.17, 15) is 0 Å². The number of aromatic nitrogens is 3. The lowest BCUT2D eigenvalue weighted by Crippen LogP contribution is -2.10. The summed E-state index contributed by atoms with van der Waals surface area (Å²) in [7, 11) is 0. The number of imidazole rings is 1. The smallest absolute Gasteiger partial charge is 0.171 e. The number of nitrogens with one attached hydrogen (secondary N) is 1. The van der Waals surface area contributed by atoms with Gasteiger partial charge in [0.25, 0.3) is 0 Å². The van der Waals surface area contributed by atoms with Crippen LogP contribution in [0.2, 0.25) is 0 Å². The molecule has 18 heavy (non-hydrogen) atoms. The lowest BCUT2D eigenvalue weighted by Gasteiger charge is -2.17. The maximum absolute atomic E-state index is 5.83. The van der Waals surface area contributed by atoms with Gasteiger partial charge in [0.05, 0.1) is 0 Å². The van der Waals surface area contributed by atoms with E-state index in [1.165, 1.54) is 24.1 Å². The Bertz CT molecular complexity index is 536. The van der Waals surface area contributed by atoms with Crippen molar-refractivity contribution < 1.29 is 0 Å². The zero-order valence-corrected chi connectivity index (χ0v) is 11.0. The van der Waals surface area contributed by atoms with Crippen LogP contribution in [-0.4, -0.2) is 15.0 Å². The molecule has 3 N–H and O–H groups in total. The summed E-state index contributed by atoms with van der Waals surface area (Å²) in [5.74, 6) is 0. The third-order valence-electron chi connectivity index (χ3n) is 3.23. The molecule has 2 aromatic heterocycles. The van der Waals surface area contributed by atoms with Crippen LogP contribution in [0.25, 0.3) is 0 Å². The minimum Gasteiger partial charge on any atom is -0.339 e. The second-order valence-electron chi connectivity index (χ2n) is 4.47. The van der Waals surface area contributed by atoms with Crippen LogP contribution in [0.4, 0.5) is 0 Å². The van der Waals surface area contributed by atoms with E-state index in [4.69, 9.17) is 10.7 Å². The van der Waals surface area contributed by atoms with Gasteiger partial charge in [-0.05, 0) is 48.6 Å². The molecule has 1 aliphatic rings. The average Bonchev–Trinajstić information content (AvgIpc) is 2.91. The van der Waals surface area contributed by atoms with Gasteiger partial charge >= 0.3 is 0 Å². The van der Waals surface area contributed by atoms with Crippen LogP contribution >= 0.6 is 11.8 Å². The highest BCUT2D eigenvalue weighted by molar-refractivity contribution is 7.99. The van der Waals surface area contributed by atoms with Gasteiger partial charge in [0.2, 0.25) is 0 Å². The summed E-state index contributed by atoms with van der Waals surface area (Å²) in [5, 5.41) is 1.86.